The van der Waals surface area contributed by atoms with Crippen LogP contribution in [0.2, 0.25) is 0 Å². The monoisotopic (exact) mass is 468 g/mol. The summed E-state index contributed by atoms with van der Waals surface area (Å²) in [5.41, 5.74) is 11.5. The molecule has 170 valence electrons. The lowest BCUT2D eigenvalue weighted by Crippen LogP contribution is -2.30. The summed E-state index contributed by atoms with van der Waals surface area (Å²) in [4.78, 5) is 25.9. The fraction of sp³-hybridized carbons (Fsp3) is 0.280. The molecule has 2 fully saturated rings. The molecule has 1 aromatic carbocycles. The van der Waals surface area contributed by atoms with E-state index >= 15 is 0 Å². The molecule has 34 heavy (non-hydrogen) atoms. The predicted molar refractivity (Wildman–Crippen MR) is 136 cm³/mol. The van der Waals surface area contributed by atoms with Crippen LogP contribution in [0, 0.1) is 5.41 Å². The van der Waals surface area contributed by atoms with Crippen LogP contribution in [0.1, 0.15) is 12.8 Å². The Balaban J connectivity index is 1.39. The van der Waals surface area contributed by atoms with Crippen LogP contribution < -0.4 is 16.0 Å². The first kappa shape index (κ1) is 20.0. The lowest BCUT2D eigenvalue weighted by Gasteiger charge is -2.19. The van der Waals surface area contributed by atoms with E-state index in [0.717, 1.165) is 62.5 Å². The number of para-hydroxylation sites is 1. The normalized spacial score (nSPS) is 19.0. The Labute approximate surface area is 200 Å². The molecule has 1 atom stereocenters. The van der Waals surface area contributed by atoms with Gasteiger partial charge in [0.15, 0.2) is 5.16 Å². The zero-order valence-corrected chi connectivity index (χ0v) is 19.6. The molecular weight excluding hydrogens is 444 g/mol. The highest BCUT2D eigenvalue weighted by Crippen LogP contribution is 2.53. The van der Waals surface area contributed by atoms with Gasteiger partial charge in [-0.25, -0.2) is 9.97 Å². The van der Waals surface area contributed by atoms with Gasteiger partial charge in [0.05, 0.1) is 27.6 Å². The van der Waals surface area contributed by atoms with Gasteiger partial charge < -0.3 is 20.9 Å². The van der Waals surface area contributed by atoms with Crippen LogP contribution in [0.25, 0.3) is 33.0 Å². The quantitative estimate of drug-likeness (QED) is 0.337. The number of nitrogens with zero attached hydrogens (tertiary/aromatic N) is 5. The van der Waals surface area contributed by atoms with Crippen molar-refractivity contribution in [2.24, 2.45) is 11.1 Å². The maximum Gasteiger partial charge on any atom is 0.196 e. The molecule has 1 saturated heterocycles. The van der Waals surface area contributed by atoms with Crippen molar-refractivity contribution in [3.63, 3.8) is 0 Å². The van der Waals surface area contributed by atoms with Crippen molar-refractivity contribution in [3.05, 3.63) is 48.8 Å². The number of aromatic nitrogens is 5. The third kappa shape index (κ3) is 3.04. The second-order valence-electron chi connectivity index (χ2n) is 9.32. The fourth-order valence-electron chi connectivity index (χ4n) is 5.20. The topological polar surface area (TPSA) is 109 Å². The van der Waals surface area contributed by atoms with Crippen molar-refractivity contribution < 1.29 is 0 Å². The van der Waals surface area contributed by atoms with Crippen molar-refractivity contribution in [1.29, 1.82) is 0 Å². The van der Waals surface area contributed by atoms with Gasteiger partial charge in [0.1, 0.15) is 11.5 Å². The molecule has 5 heterocycles. The molecule has 4 N–H and O–H groups in total. The Bertz CT molecular complexity index is 1570. The first-order chi connectivity index (χ1) is 16.6. The zero-order chi connectivity index (χ0) is 22.9. The number of pyridine rings is 2. The van der Waals surface area contributed by atoms with Crippen LogP contribution >= 0.6 is 11.8 Å². The van der Waals surface area contributed by atoms with E-state index < -0.39 is 0 Å². The Hall–Kier alpha value is -3.43. The van der Waals surface area contributed by atoms with Crippen molar-refractivity contribution in [2.75, 3.05) is 30.4 Å². The average molecular weight is 469 g/mol. The molecule has 1 spiro atoms. The molecule has 4 aromatic heterocycles. The third-order valence-electron chi connectivity index (χ3n) is 7.25. The van der Waals surface area contributed by atoms with E-state index in [2.05, 4.69) is 43.4 Å². The summed E-state index contributed by atoms with van der Waals surface area (Å²) >= 11 is 1.51. The molecule has 2 aliphatic rings. The van der Waals surface area contributed by atoms with E-state index in [1.807, 2.05) is 31.4 Å². The summed E-state index contributed by atoms with van der Waals surface area (Å²) in [6.07, 6.45) is 6.05. The molecule has 0 bridgehead atoms. The summed E-state index contributed by atoms with van der Waals surface area (Å²) in [6, 6.07) is 12.4. The van der Waals surface area contributed by atoms with Crippen LogP contribution in [0.15, 0.2) is 58.8 Å². The van der Waals surface area contributed by atoms with E-state index in [1.54, 1.807) is 6.20 Å². The number of H-pyrrole nitrogens is 1. The molecule has 8 nitrogen and oxygen atoms in total. The van der Waals surface area contributed by atoms with Crippen molar-refractivity contribution in [2.45, 2.75) is 28.9 Å². The molecule has 5 aromatic rings. The van der Waals surface area contributed by atoms with Crippen LogP contribution in [-0.4, -0.2) is 51.1 Å². The van der Waals surface area contributed by atoms with Gasteiger partial charge in [-0.2, -0.15) is 0 Å². The zero-order valence-electron chi connectivity index (χ0n) is 18.7. The van der Waals surface area contributed by atoms with Gasteiger partial charge in [0.25, 0.3) is 0 Å². The van der Waals surface area contributed by atoms with Gasteiger partial charge >= 0.3 is 0 Å². The van der Waals surface area contributed by atoms with Crippen molar-refractivity contribution in [3.8, 4) is 0 Å². The largest absolute Gasteiger partial charge is 0.386 e. The number of benzene rings is 1. The minimum Gasteiger partial charge on any atom is -0.386 e. The maximum absolute atomic E-state index is 6.57. The van der Waals surface area contributed by atoms with Gasteiger partial charge in [0, 0.05) is 54.3 Å². The summed E-state index contributed by atoms with van der Waals surface area (Å²) in [7, 11) is 1.94. The molecule has 1 unspecified atom stereocenters. The van der Waals surface area contributed by atoms with Crippen molar-refractivity contribution >= 4 is 56.2 Å². The number of hydrogen-bond donors (Lipinski definition) is 3. The SMILES string of the molecule is CNc1cccc2c1[nH]c1nc(Sc3cnc4cccnc4c3)nc(N3CC(N)C4(CC4)C3)c12. The predicted octanol–water partition coefficient (Wildman–Crippen LogP) is 4.17. The second-order valence-corrected chi connectivity index (χ2v) is 10.4. The first-order valence-corrected chi connectivity index (χ1v) is 12.3. The van der Waals surface area contributed by atoms with Crippen LogP contribution in [0.4, 0.5) is 11.5 Å². The summed E-state index contributed by atoms with van der Waals surface area (Å²) < 4.78 is 0. The molecule has 0 radical (unpaired) electrons. The number of hydrogen-bond acceptors (Lipinski definition) is 8. The van der Waals surface area contributed by atoms with Gasteiger partial charge in [-0.05, 0) is 48.9 Å². The van der Waals surface area contributed by atoms with Crippen LogP contribution in [0.3, 0.4) is 0 Å². The molecule has 7 rings (SSSR count). The van der Waals surface area contributed by atoms with E-state index in [-0.39, 0.29) is 11.5 Å². The molecule has 9 heteroatoms. The third-order valence-corrected chi connectivity index (χ3v) is 8.08. The second kappa shape index (κ2) is 7.28. The van der Waals surface area contributed by atoms with E-state index in [9.17, 15) is 0 Å². The maximum atomic E-state index is 6.57. The molecule has 1 saturated carbocycles. The summed E-state index contributed by atoms with van der Waals surface area (Å²) in [5, 5.41) is 6.15. The van der Waals surface area contributed by atoms with Gasteiger partial charge in [-0.15, -0.1) is 0 Å². The van der Waals surface area contributed by atoms with Crippen LogP contribution in [-0.2, 0) is 0 Å². The first-order valence-electron chi connectivity index (χ1n) is 11.5. The van der Waals surface area contributed by atoms with Crippen LogP contribution in [0.5, 0.6) is 0 Å². The Kier molecular flexibility index (Phi) is 4.28. The number of fused-ring (bicyclic) bond motifs is 4. The minimum atomic E-state index is 0.183. The highest BCUT2D eigenvalue weighted by molar-refractivity contribution is 7.99. The molecule has 1 aliphatic carbocycles. The average Bonchev–Trinajstić information content (AvgIpc) is 3.43. The van der Waals surface area contributed by atoms with Crippen molar-refractivity contribution in [1.82, 2.24) is 24.9 Å². The number of nitrogens with one attached hydrogen (secondary N) is 2. The molecule has 0 amide bonds. The Morgan fingerprint density at radius 2 is 2.06 bits per heavy atom. The molecular formula is C25H24N8S. The minimum absolute atomic E-state index is 0.183. The number of nitrogens with two attached hydrogens (primary N) is 1. The smallest absolute Gasteiger partial charge is 0.196 e. The highest BCUT2D eigenvalue weighted by Gasteiger charge is 2.54. The number of rotatable bonds is 4. The Morgan fingerprint density at radius 3 is 2.88 bits per heavy atom. The number of aromatic amines is 1. The van der Waals surface area contributed by atoms with Gasteiger partial charge in [-0.3, -0.25) is 9.97 Å². The highest BCUT2D eigenvalue weighted by atomic mass is 32.2. The standard InChI is InChI=1S/C25H24N8S/c1-27-17-5-2-4-15-20-22(30-21(15)17)31-24(32-23(20)33-12-19(26)25(13-33)7-8-25)34-14-10-18-16(29-11-14)6-3-9-28-18/h2-6,9-11,19,27H,7-8,12-13,26H2,1H3,(H,30,31,32). The summed E-state index contributed by atoms with van der Waals surface area (Å²) in [6.45, 7) is 1.76. The lowest BCUT2D eigenvalue weighted by molar-refractivity contribution is 0.499. The Morgan fingerprint density at radius 1 is 1.15 bits per heavy atom. The number of anilines is 2. The summed E-state index contributed by atoms with van der Waals surface area (Å²) in [5.74, 6) is 0.957. The van der Waals surface area contributed by atoms with E-state index in [1.165, 1.54) is 24.6 Å². The van der Waals surface area contributed by atoms with E-state index in [0.29, 0.717) is 5.16 Å². The van der Waals surface area contributed by atoms with Gasteiger partial charge in [0.2, 0.25) is 0 Å². The fourth-order valence-corrected chi connectivity index (χ4v) is 5.96. The van der Waals surface area contributed by atoms with Gasteiger partial charge in [-0.1, -0.05) is 12.1 Å². The van der Waals surface area contributed by atoms with E-state index in [4.69, 9.17) is 15.7 Å². The lowest BCUT2D eigenvalue weighted by atomic mass is 10.0. The molecule has 1 aliphatic heterocycles.